The van der Waals surface area contributed by atoms with Gasteiger partial charge in [0.05, 0.1) is 0 Å². The molecular formula is C27H38F4. The average molecular weight is 439 g/mol. The van der Waals surface area contributed by atoms with E-state index in [-0.39, 0.29) is 11.6 Å². The van der Waals surface area contributed by atoms with E-state index < -0.39 is 12.0 Å². The van der Waals surface area contributed by atoms with E-state index in [0.717, 1.165) is 42.2 Å². The van der Waals surface area contributed by atoms with Crippen LogP contribution in [-0.2, 0) is 0 Å². The number of alkyl halides is 3. The van der Waals surface area contributed by atoms with Gasteiger partial charge in [0.25, 0.3) is 0 Å². The summed E-state index contributed by atoms with van der Waals surface area (Å²) >= 11 is 0. The molecule has 0 spiro atoms. The first-order valence-electron chi connectivity index (χ1n) is 12.4. The fourth-order valence-electron chi connectivity index (χ4n) is 5.85. The second kappa shape index (κ2) is 11.5. The minimum Gasteiger partial charge on any atom is -0.206 e. The lowest BCUT2D eigenvalue weighted by molar-refractivity contribution is -0.0790. The monoisotopic (exact) mass is 438 g/mol. The molecule has 0 atom stereocenters. The third-order valence-corrected chi connectivity index (χ3v) is 7.74. The molecule has 0 N–H and O–H groups in total. The molecule has 1 aromatic carbocycles. The first kappa shape index (κ1) is 24.3. The highest BCUT2D eigenvalue weighted by Crippen LogP contribution is 2.44. The van der Waals surface area contributed by atoms with E-state index in [9.17, 15) is 17.6 Å². The van der Waals surface area contributed by atoms with Crippen LogP contribution in [-0.4, -0.2) is 6.18 Å². The van der Waals surface area contributed by atoms with Crippen molar-refractivity contribution in [1.29, 1.82) is 0 Å². The van der Waals surface area contributed by atoms with E-state index in [1.807, 2.05) is 6.07 Å². The summed E-state index contributed by atoms with van der Waals surface area (Å²) in [7, 11) is 0. The van der Waals surface area contributed by atoms with Crippen LogP contribution >= 0.6 is 0 Å². The van der Waals surface area contributed by atoms with Gasteiger partial charge in [0, 0.05) is 11.6 Å². The van der Waals surface area contributed by atoms with E-state index >= 15 is 0 Å². The van der Waals surface area contributed by atoms with Gasteiger partial charge in [-0.1, -0.05) is 64.0 Å². The smallest absolute Gasteiger partial charge is 0.206 e. The van der Waals surface area contributed by atoms with E-state index in [4.69, 9.17) is 0 Å². The van der Waals surface area contributed by atoms with Gasteiger partial charge in [-0.05, 0) is 79.9 Å². The zero-order chi connectivity index (χ0) is 22.3. The molecule has 2 aliphatic carbocycles. The van der Waals surface area contributed by atoms with Gasteiger partial charge in [0.2, 0.25) is 0 Å². The van der Waals surface area contributed by atoms with Crippen molar-refractivity contribution in [2.24, 2.45) is 17.8 Å². The van der Waals surface area contributed by atoms with Crippen LogP contribution < -0.4 is 0 Å². The van der Waals surface area contributed by atoms with Crippen LogP contribution in [0.2, 0.25) is 0 Å². The van der Waals surface area contributed by atoms with Gasteiger partial charge in [0.1, 0.15) is 5.82 Å². The van der Waals surface area contributed by atoms with Crippen LogP contribution in [0.4, 0.5) is 17.6 Å². The Morgan fingerprint density at radius 3 is 2.10 bits per heavy atom. The summed E-state index contributed by atoms with van der Waals surface area (Å²) in [5, 5.41) is 0. The number of halogens is 4. The van der Waals surface area contributed by atoms with Crippen LogP contribution in [0.15, 0.2) is 24.3 Å². The molecule has 0 radical (unpaired) electrons. The van der Waals surface area contributed by atoms with Gasteiger partial charge in [-0.25, -0.2) is 4.39 Å². The molecule has 0 amide bonds. The molecular weight excluding hydrogens is 400 g/mol. The zero-order valence-corrected chi connectivity index (χ0v) is 18.9. The van der Waals surface area contributed by atoms with Gasteiger partial charge in [-0.2, -0.15) is 13.2 Å². The molecule has 0 unspecified atom stereocenters. The second-order valence-electron chi connectivity index (χ2n) is 9.90. The molecule has 2 aliphatic rings. The topological polar surface area (TPSA) is 0 Å². The minimum absolute atomic E-state index is 0.00112. The summed E-state index contributed by atoms with van der Waals surface area (Å²) in [5.41, 5.74) is 0.942. The number of rotatable bonds is 8. The van der Waals surface area contributed by atoms with E-state index in [2.05, 4.69) is 6.92 Å². The molecule has 0 saturated heterocycles. The Balaban J connectivity index is 1.44. The van der Waals surface area contributed by atoms with E-state index in [1.165, 1.54) is 82.8 Å². The molecule has 0 aromatic heterocycles. The Labute approximate surface area is 185 Å². The minimum atomic E-state index is -4.42. The molecule has 3 rings (SSSR count). The van der Waals surface area contributed by atoms with Gasteiger partial charge in [-0.3, -0.25) is 0 Å². The maximum atomic E-state index is 14.3. The Kier molecular flexibility index (Phi) is 9.04. The summed E-state index contributed by atoms with van der Waals surface area (Å²) in [6.45, 7) is 2.27. The molecule has 31 heavy (non-hydrogen) atoms. The summed E-state index contributed by atoms with van der Waals surface area (Å²) in [6, 6.07) is 4.75. The molecule has 0 aliphatic heterocycles. The van der Waals surface area contributed by atoms with Gasteiger partial charge >= 0.3 is 6.18 Å². The zero-order valence-electron chi connectivity index (χ0n) is 18.9. The van der Waals surface area contributed by atoms with Crippen molar-refractivity contribution in [1.82, 2.24) is 0 Å². The van der Waals surface area contributed by atoms with Crippen LogP contribution in [0.25, 0.3) is 6.08 Å². The van der Waals surface area contributed by atoms with Crippen molar-refractivity contribution < 1.29 is 17.6 Å². The number of hydrogen-bond acceptors (Lipinski definition) is 0. The number of hydrogen-bond donors (Lipinski definition) is 0. The maximum absolute atomic E-state index is 14.3. The van der Waals surface area contributed by atoms with Crippen molar-refractivity contribution in [2.45, 2.75) is 102 Å². The Morgan fingerprint density at radius 1 is 0.871 bits per heavy atom. The molecule has 174 valence electrons. The molecule has 0 bridgehead atoms. The lowest BCUT2D eigenvalue weighted by atomic mass is 9.68. The Hall–Kier alpha value is -1.32. The standard InChI is InChI=1S/C27H38F4/c1-2-3-4-5-6-20-7-9-21(10-8-20)22-11-13-23(14-12-22)25-16-15-24(26(28)19-25)17-18-27(29,30)31/h15-23H,2-14H2,1H3/b18-17+. The summed E-state index contributed by atoms with van der Waals surface area (Å²) in [6.07, 6.45) is 13.5. The Bertz CT molecular complexity index is 690. The first-order chi connectivity index (χ1) is 14.9. The first-order valence-corrected chi connectivity index (χ1v) is 12.4. The van der Waals surface area contributed by atoms with Gasteiger partial charge in [-0.15, -0.1) is 0 Å². The van der Waals surface area contributed by atoms with Crippen LogP contribution in [0.5, 0.6) is 0 Å². The normalized spacial score (nSPS) is 27.6. The lowest BCUT2D eigenvalue weighted by Gasteiger charge is -2.38. The molecule has 1 aromatic rings. The highest BCUT2D eigenvalue weighted by Gasteiger charge is 2.31. The van der Waals surface area contributed by atoms with Crippen molar-refractivity contribution in [3.8, 4) is 0 Å². The van der Waals surface area contributed by atoms with Crippen molar-refractivity contribution in [2.75, 3.05) is 0 Å². The van der Waals surface area contributed by atoms with E-state index in [1.54, 1.807) is 0 Å². The van der Waals surface area contributed by atoms with E-state index in [0.29, 0.717) is 5.92 Å². The number of benzene rings is 1. The second-order valence-corrected chi connectivity index (χ2v) is 9.90. The largest absolute Gasteiger partial charge is 0.409 e. The molecule has 0 nitrogen and oxygen atoms in total. The molecule has 2 saturated carbocycles. The SMILES string of the molecule is CCCCCCC1CCC(C2CCC(c3ccc(/C=C/C(F)(F)F)c(F)c3)CC2)CC1. The quantitative estimate of drug-likeness (QED) is 0.280. The van der Waals surface area contributed by atoms with Crippen molar-refractivity contribution in [3.63, 3.8) is 0 Å². The average Bonchev–Trinajstić information content (AvgIpc) is 2.76. The highest BCUT2D eigenvalue weighted by atomic mass is 19.4. The van der Waals surface area contributed by atoms with Crippen molar-refractivity contribution in [3.05, 3.63) is 41.2 Å². The molecule has 0 heterocycles. The van der Waals surface area contributed by atoms with Crippen LogP contribution in [0.3, 0.4) is 0 Å². The third-order valence-electron chi connectivity index (χ3n) is 7.74. The van der Waals surface area contributed by atoms with Crippen LogP contribution in [0, 0.1) is 23.6 Å². The third kappa shape index (κ3) is 7.64. The van der Waals surface area contributed by atoms with Crippen LogP contribution in [0.1, 0.15) is 107 Å². The number of unbranched alkanes of at least 4 members (excludes halogenated alkanes) is 3. The Morgan fingerprint density at radius 2 is 1.52 bits per heavy atom. The fraction of sp³-hybridized carbons (Fsp3) is 0.704. The number of allylic oxidation sites excluding steroid dienone is 1. The highest BCUT2D eigenvalue weighted by molar-refractivity contribution is 5.51. The van der Waals surface area contributed by atoms with Crippen molar-refractivity contribution >= 4 is 6.08 Å². The maximum Gasteiger partial charge on any atom is 0.409 e. The molecule has 2 fully saturated rings. The predicted molar refractivity (Wildman–Crippen MR) is 120 cm³/mol. The fourth-order valence-corrected chi connectivity index (χ4v) is 5.85. The van der Waals surface area contributed by atoms with Gasteiger partial charge in [0.15, 0.2) is 0 Å². The lowest BCUT2D eigenvalue weighted by Crippen LogP contribution is -2.25. The predicted octanol–water partition coefficient (Wildman–Crippen LogP) is 9.45. The summed E-state index contributed by atoms with van der Waals surface area (Å²) in [4.78, 5) is 0. The molecule has 4 heteroatoms. The van der Waals surface area contributed by atoms with Gasteiger partial charge < -0.3 is 0 Å². The summed E-state index contributed by atoms with van der Waals surface area (Å²) in [5.74, 6) is 2.38. The summed E-state index contributed by atoms with van der Waals surface area (Å²) < 4.78 is 51.3.